The van der Waals surface area contributed by atoms with Gasteiger partial charge in [-0.1, -0.05) is 12.1 Å². The summed E-state index contributed by atoms with van der Waals surface area (Å²) in [5, 5.41) is 8.82. The maximum Gasteiger partial charge on any atom is 0.218 e. The molecule has 102 valence electrons. The molecule has 1 atom stereocenters. The van der Waals surface area contributed by atoms with Crippen LogP contribution in [0.2, 0.25) is 0 Å². The summed E-state index contributed by atoms with van der Waals surface area (Å²) < 4.78 is 26.0. The third kappa shape index (κ3) is 3.53. The number of hydrogen-bond donors (Lipinski definition) is 1. The quantitative estimate of drug-likeness (QED) is 0.887. The molecule has 2 N–H and O–H groups in total. The molecule has 1 heterocycles. The van der Waals surface area contributed by atoms with Gasteiger partial charge in [0.05, 0.1) is 17.4 Å². The summed E-state index contributed by atoms with van der Waals surface area (Å²) in [6.07, 6.45) is 1.68. The van der Waals surface area contributed by atoms with E-state index in [9.17, 15) is 8.42 Å². The highest BCUT2D eigenvalue weighted by atomic mass is 32.2. The lowest BCUT2D eigenvalue weighted by atomic mass is 10.1. The van der Waals surface area contributed by atoms with Gasteiger partial charge >= 0.3 is 0 Å². The Morgan fingerprint density at radius 3 is 2.95 bits per heavy atom. The average molecular weight is 279 g/mol. The largest absolute Gasteiger partial charge is 0.327 e. The van der Waals surface area contributed by atoms with Crippen molar-refractivity contribution >= 4 is 10.0 Å². The third-order valence-corrected chi connectivity index (χ3v) is 5.04. The Labute approximate surface area is 113 Å². The number of rotatable bonds is 3. The maximum absolute atomic E-state index is 12.3. The molecule has 0 bridgehead atoms. The van der Waals surface area contributed by atoms with Crippen LogP contribution < -0.4 is 5.73 Å². The van der Waals surface area contributed by atoms with Gasteiger partial charge in [0.1, 0.15) is 0 Å². The van der Waals surface area contributed by atoms with Crippen molar-refractivity contribution in [2.24, 2.45) is 5.73 Å². The smallest absolute Gasteiger partial charge is 0.218 e. The standard InChI is InChI=1S/C13H17N3O2S/c14-8-11-3-1-4-12(7-11)10-19(17,18)16-6-2-5-13(15)9-16/h1,3-4,7,13H,2,5-6,9-10,15H2/t13-/m1/s1. The minimum atomic E-state index is -3.35. The van der Waals surface area contributed by atoms with Crippen LogP contribution >= 0.6 is 0 Å². The number of nitriles is 1. The first-order chi connectivity index (χ1) is 9.01. The second kappa shape index (κ2) is 5.70. The Morgan fingerprint density at radius 2 is 2.26 bits per heavy atom. The second-order valence-electron chi connectivity index (χ2n) is 4.83. The molecule has 5 nitrogen and oxygen atoms in total. The topological polar surface area (TPSA) is 87.2 Å². The monoisotopic (exact) mass is 279 g/mol. The van der Waals surface area contributed by atoms with Crippen LogP contribution in [0.15, 0.2) is 24.3 Å². The highest BCUT2D eigenvalue weighted by molar-refractivity contribution is 7.88. The van der Waals surface area contributed by atoms with Crippen molar-refractivity contribution in [2.45, 2.75) is 24.6 Å². The summed E-state index contributed by atoms with van der Waals surface area (Å²) in [6, 6.07) is 8.63. The van der Waals surface area contributed by atoms with E-state index in [0.29, 0.717) is 24.2 Å². The van der Waals surface area contributed by atoms with Gasteiger partial charge in [-0.2, -0.15) is 5.26 Å². The molecule has 1 aliphatic rings. The molecule has 0 spiro atoms. The van der Waals surface area contributed by atoms with Crippen LogP contribution in [0.1, 0.15) is 24.0 Å². The van der Waals surface area contributed by atoms with Crippen molar-refractivity contribution in [3.05, 3.63) is 35.4 Å². The van der Waals surface area contributed by atoms with Crippen molar-refractivity contribution in [1.29, 1.82) is 5.26 Å². The fourth-order valence-electron chi connectivity index (χ4n) is 2.26. The summed E-state index contributed by atoms with van der Waals surface area (Å²) in [5.41, 5.74) is 6.92. The number of hydrogen-bond acceptors (Lipinski definition) is 4. The minimum absolute atomic E-state index is 0.0742. The number of nitrogens with zero attached hydrogens (tertiary/aromatic N) is 2. The van der Waals surface area contributed by atoms with Crippen molar-refractivity contribution in [2.75, 3.05) is 13.1 Å². The molecule has 1 saturated heterocycles. The van der Waals surface area contributed by atoms with E-state index in [1.165, 1.54) is 4.31 Å². The minimum Gasteiger partial charge on any atom is -0.327 e. The summed E-state index contributed by atoms with van der Waals surface area (Å²) in [5.74, 6) is -0.0742. The van der Waals surface area contributed by atoms with Crippen LogP contribution in [0.25, 0.3) is 0 Å². The SMILES string of the molecule is N#Cc1cccc(CS(=O)(=O)N2CCC[C@@H](N)C2)c1. The highest BCUT2D eigenvalue weighted by Gasteiger charge is 2.27. The molecule has 0 aromatic heterocycles. The first-order valence-electron chi connectivity index (χ1n) is 6.24. The third-order valence-electron chi connectivity index (χ3n) is 3.22. The van der Waals surface area contributed by atoms with Crippen molar-refractivity contribution in [1.82, 2.24) is 4.31 Å². The van der Waals surface area contributed by atoms with E-state index < -0.39 is 10.0 Å². The molecule has 0 amide bonds. The normalized spacial score (nSPS) is 20.9. The van der Waals surface area contributed by atoms with Gasteiger partial charge < -0.3 is 5.73 Å². The number of piperidine rings is 1. The maximum atomic E-state index is 12.3. The average Bonchev–Trinajstić information content (AvgIpc) is 2.38. The number of sulfonamides is 1. The lowest BCUT2D eigenvalue weighted by molar-refractivity contribution is 0.316. The van der Waals surface area contributed by atoms with Crippen LogP contribution in [0.3, 0.4) is 0 Å². The zero-order valence-corrected chi connectivity index (χ0v) is 11.4. The van der Waals surface area contributed by atoms with Crippen LogP contribution in [0.5, 0.6) is 0 Å². The molecular weight excluding hydrogens is 262 g/mol. The predicted molar refractivity (Wildman–Crippen MR) is 72.6 cm³/mol. The van der Waals surface area contributed by atoms with Gasteiger partial charge in [-0.05, 0) is 30.5 Å². The lowest BCUT2D eigenvalue weighted by Gasteiger charge is -2.29. The van der Waals surface area contributed by atoms with Gasteiger partial charge in [-0.25, -0.2) is 12.7 Å². The Balaban J connectivity index is 2.14. The van der Waals surface area contributed by atoms with E-state index in [-0.39, 0.29) is 11.8 Å². The van der Waals surface area contributed by atoms with E-state index >= 15 is 0 Å². The molecular formula is C13H17N3O2S. The molecule has 0 saturated carbocycles. The first-order valence-corrected chi connectivity index (χ1v) is 7.84. The van der Waals surface area contributed by atoms with Crippen molar-refractivity contribution in [3.8, 4) is 6.07 Å². The van der Waals surface area contributed by atoms with Crippen LogP contribution in [-0.2, 0) is 15.8 Å². The van der Waals surface area contributed by atoms with Crippen molar-refractivity contribution in [3.63, 3.8) is 0 Å². The second-order valence-corrected chi connectivity index (χ2v) is 6.80. The summed E-state index contributed by atoms with van der Waals surface area (Å²) in [7, 11) is -3.35. The Hall–Kier alpha value is -1.42. The fraction of sp³-hybridized carbons (Fsp3) is 0.462. The zero-order valence-electron chi connectivity index (χ0n) is 10.6. The van der Waals surface area contributed by atoms with E-state index in [1.54, 1.807) is 24.3 Å². The Kier molecular flexibility index (Phi) is 4.20. The summed E-state index contributed by atoms with van der Waals surface area (Å²) in [4.78, 5) is 0. The summed E-state index contributed by atoms with van der Waals surface area (Å²) in [6.45, 7) is 0.925. The Morgan fingerprint density at radius 1 is 1.47 bits per heavy atom. The van der Waals surface area contributed by atoms with Crippen LogP contribution in [-0.4, -0.2) is 31.9 Å². The molecule has 6 heteroatoms. The van der Waals surface area contributed by atoms with Crippen LogP contribution in [0, 0.1) is 11.3 Å². The number of benzene rings is 1. The van der Waals surface area contributed by atoms with Crippen LogP contribution in [0.4, 0.5) is 0 Å². The van der Waals surface area contributed by atoms with E-state index in [0.717, 1.165) is 12.8 Å². The predicted octanol–water partition coefficient (Wildman–Crippen LogP) is 0.811. The molecule has 1 aromatic carbocycles. The molecule has 1 aliphatic heterocycles. The van der Waals surface area contributed by atoms with Gasteiger partial charge in [0.2, 0.25) is 10.0 Å². The molecule has 2 rings (SSSR count). The molecule has 0 unspecified atom stereocenters. The first kappa shape index (κ1) is 14.0. The lowest BCUT2D eigenvalue weighted by Crippen LogP contribution is -2.46. The Bertz CT molecular complexity index is 592. The van der Waals surface area contributed by atoms with Gasteiger partial charge in [-0.3, -0.25) is 0 Å². The summed E-state index contributed by atoms with van der Waals surface area (Å²) >= 11 is 0. The molecule has 0 radical (unpaired) electrons. The molecule has 19 heavy (non-hydrogen) atoms. The van der Waals surface area contributed by atoms with Gasteiger partial charge in [0.25, 0.3) is 0 Å². The molecule has 1 aromatic rings. The zero-order chi connectivity index (χ0) is 13.9. The van der Waals surface area contributed by atoms with Gasteiger partial charge in [0.15, 0.2) is 0 Å². The van der Waals surface area contributed by atoms with Gasteiger partial charge in [0, 0.05) is 19.1 Å². The fourth-order valence-corrected chi connectivity index (χ4v) is 3.87. The van der Waals surface area contributed by atoms with E-state index in [4.69, 9.17) is 11.0 Å². The molecule has 1 fully saturated rings. The number of nitrogens with two attached hydrogens (primary N) is 1. The van der Waals surface area contributed by atoms with Crippen molar-refractivity contribution < 1.29 is 8.42 Å². The van der Waals surface area contributed by atoms with E-state index in [1.807, 2.05) is 6.07 Å². The molecule has 0 aliphatic carbocycles. The highest BCUT2D eigenvalue weighted by Crippen LogP contribution is 2.17. The van der Waals surface area contributed by atoms with E-state index in [2.05, 4.69) is 0 Å². The van der Waals surface area contributed by atoms with Gasteiger partial charge in [-0.15, -0.1) is 0 Å².